The minimum Gasteiger partial charge on any atom is -0.569 e. The van der Waals surface area contributed by atoms with E-state index in [4.69, 9.17) is 9.94 Å². The van der Waals surface area contributed by atoms with E-state index in [1.165, 1.54) is 5.01 Å². The van der Waals surface area contributed by atoms with Crippen molar-refractivity contribution in [2.75, 3.05) is 26.9 Å². The van der Waals surface area contributed by atoms with Gasteiger partial charge in [0.1, 0.15) is 0 Å². The van der Waals surface area contributed by atoms with Gasteiger partial charge in [-0.1, -0.05) is 12.1 Å². The Morgan fingerprint density at radius 3 is 2.42 bits per heavy atom. The van der Waals surface area contributed by atoms with E-state index in [9.17, 15) is 14.8 Å². The first-order valence-corrected chi connectivity index (χ1v) is 7.63. The van der Waals surface area contributed by atoms with Gasteiger partial charge in [-0.3, -0.25) is 9.59 Å². The molecule has 1 N–H and O–H groups in total. The van der Waals surface area contributed by atoms with Gasteiger partial charge in [0.25, 0.3) is 11.8 Å². The number of hydrogen-bond acceptors (Lipinski definition) is 6. The molecule has 0 fully saturated rings. The summed E-state index contributed by atoms with van der Waals surface area (Å²) in [5.41, 5.74) is 0.622. The molecule has 0 spiro atoms. The van der Waals surface area contributed by atoms with Gasteiger partial charge in [-0.25, -0.2) is 4.90 Å². The first kappa shape index (κ1) is 17.7. The number of benzene rings is 1. The molecular weight excluding hydrogens is 316 g/mol. The third-order valence-corrected chi connectivity index (χ3v) is 3.62. The smallest absolute Gasteiger partial charge is 0.264 e. The summed E-state index contributed by atoms with van der Waals surface area (Å²) < 4.78 is 0. The molecule has 0 saturated carbocycles. The van der Waals surface area contributed by atoms with Crippen LogP contribution in [0.4, 0.5) is 0 Å². The van der Waals surface area contributed by atoms with E-state index in [-0.39, 0.29) is 11.6 Å². The van der Waals surface area contributed by atoms with Crippen LogP contribution in [-0.4, -0.2) is 58.7 Å². The molecule has 24 heavy (non-hydrogen) atoms. The molecule has 0 saturated heterocycles. The molecule has 2 amide bonds. The SMILES string of the molecule is CN(CCCCCO)[N+]([O-])=NOCN1C(=O)c2ccccc2C1=O. The van der Waals surface area contributed by atoms with E-state index < -0.39 is 18.5 Å². The maximum Gasteiger partial charge on any atom is 0.264 e. The number of carbonyl (C=O) groups is 2. The molecule has 9 heteroatoms. The molecule has 0 atom stereocenters. The van der Waals surface area contributed by atoms with Gasteiger partial charge >= 0.3 is 0 Å². The highest BCUT2D eigenvalue weighted by Crippen LogP contribution is 2.22. The van der Waals surface area contributed by atoms with E-state index in [0.717, 1.165) is 17.7 Å². The number of aliphatic hydroxyl groups excluding tert-OH is 1. The fourth-order valence-electron chi connectivity index (χ4n) is 2.27. The molecule has 1 aliphatic heterocycles. The van der Waals surface area contributed by atoms with Crippen molar-refractivity contribution in [2.24, 2.45) is 5.28 Å². The Kier molecular flexibility index (Phi) is 6.07. The number of hydrazine groups is 1. The van der Waals surface area contributed by atoms with Crippen molar-refractivity contribution in [3.63, 3.8) is 0 Å². The van der Waals surface area contributed by atoms with Crippen LogP contribution in [0.1, 0.15) is 40.0 Å². The average molecular weight is 336 g/mol. The summed E-state index contributed by atoms with van der Waals surface area (Å²) in [4.78, 5) is 30.2. The number of nitrogens with zero attached hydrogens (tertiary/aromatic N) is 4. The van der Waals surface area contributed by atoms with Gasteiger partial charge < -0.3 is 15.2 Å². The number of carbonyl (C=O) groups excluding carboxylic acids is 2. The van der Waals surface area contributed by atoms with Crippen LogP contribution in [0.15, 0.2) is 29.5 Å². The highest BCUT2D eigenvalue weighted by molar-refractivity contribution is 6.21. The number of amides is 2. The van der Waals surface area contributed by atoms with Crippen LogP contribution in [0.2, 0.25) is 0 Å². The van der Waals surface area contributed by atoms with Crippen molar-refractivity contribution in [3.8, 4) is 0 Å². The Bertz CT molecular complexity index is 599. The molecule has 0 bridgehead atoms. The number of unbranched alkanes of at least 4 members (excludes halogenated alkanes) is 2. The molecular formula is C15H20N4O5. The van der Waals surface area contributed by atoms with Gasteiger partial charge in [0.05, 0.1) is 29.7 Å². The number of fused-ring (bicyclic) bond motifs is 1. The zero-order chi connectivity index (χ0) is 17.5. The maximum atomic E-state index is 12.1. The lowest BCUT2D eigenvalue weighted by Crippen LogP contribution is -2.32. The molecule has 1 aromatic carbocycles. The Balaban J connectivity index is 1.83. The van der Waals surface area contributed by atoms with Crippen molar-refractivity contribution in [2.45, 2.75) is 19.3 Å². The second kappa shape index (κ2) is 8.25. The summed E-state index contributed by atoms with van der Waals surface area (Å²) in [6.45, 7) is 0.144. The summed E-state index contributed by atoms with van der Waals surface area (Å²) in [5.74, 6) is -0.943. The third-order valence-electron chi connectivity index (χ3n) is 3.62. The summed E-state index contributed by atoms with van der Waals surface area (Å²) in [5, 5.41) is 25.0. The number of aliphatic hydroxyl groups is 1. The van der Waals surface area contributed by atoms with Crippen LogP contribution < -0.4 is 0 Å². The van der Waals surface area contributed by atoms with Crippen molar-refractivity contribution in [3.05, 3.63) is 40.6 Å². The fraction of sp³-hybridized carbons (Fsp3) is 0.467. The highest BCUT2D eigenvalue weighted by Gasteiger charge is 2.35. The van der Waals surface area contributed by atoms with Gasteiger partial charge in [0.15, 0.2) is 0 Å². The van der Waals surface area contributed by atoms with Crippen LogP contribution in [0.5, 0.6) is 0 Å². The molecule has 0 unspecified atom stereocenters. The Morgan fingerprint density at radius 1 is 1.21 bits per heavy atom. The van der Waals surface area contributed by atoms with E-state index in [1.54, 1.807) is 31.3 Å². The predicted molar refractivity (Wildman–Crippen MR) is 82.5 cm³/mol. The van der Waals surface area contributed by atoms with Crippen molar-refractivity contribution >= 4 is 11.8 Å². The lowest BCUT2D eigenvalue weighted by molar-refractivity contribution is -0.705. The number of imide groups is 1. The molecule has 0 aliphatic carbocycles. The van der Waals surface area contributed by atoms with E-state index in [2.05, 4.69) is 5.28 Å². The van der Waals surface area contributed by atoms with Crippen molar-refractivity contribution in [1.82, 2.24) is 9.91 Å². The second-order valence-corrected chi connectivity index (χ2v) is 5.34. The van der Waals surface area contributed by atoms with E-state index >= 15 is 0 Å². The third kappa shape index (κ3) is 3.99. The molecule has 130 valence electrons. The van der Waals surface area contributed by atoms with Gasteiger partial charge in [0.2, 0.25) is 12.0 Å². The highest BCUT2D eigenvalue weighted by atomic mass is 16.7. The van der Waals surface area contributed by atoms with Crippen LogP contribution >= 0.6 is 0 Å². The lowest BCUT2D eigenvalue weighted by atomic mass is 10.1. The van der Waals surface area contributed by atoms with Crippen molar-refractivity contribution < 1.29 is 24.5 Å². The molecule has 0 aromatic heterocycles. The van der Waals surface area contributed by atoms with Crippen LogP contribution in [0, 0.1) is 5.21 Å². The number of rotatable bonds is 9. The van der Waals surface area contributed by atoms with Gasteiger partial charge in [-0.2, -0.15) is 0 Å². The predicted octanol–water partition coefficient (Wildman–Crippen LogP) is 1.14. The molecule has 1 aliphatic rings. The Morgan fingerprint density at radius 2 is 1.83 bits per heavy atom. The normalized spacial score (nSPS) is 14.1. The van der Waals surface area contributed by atoms with Crippen molar-refractivity contribution in [1.29, 1.82) is 0 Å². The van der Waals surface area contributed by atoms with Gasteiger partial charge in [0, 0.05) is 6.61 Å². The largest absolute Gasteiger partial charge is 0.569 e. The van der Waals surface area contributed by atoms with Gasteiger partial charge in [-0.05, 0) is 31.4 Å². The monoisotopic (exact) mass is 336 g/mol. The van der Waals surface area contributed by atoms with Crippen LogP contribution in [0.25, 0.3) is 0 Å². The second-order valence-electron chi connectivity index (χ2n) is 5.34. The Hall–Kier alpha value is -2.68. The maximum absolute atomic E-state index is 12.1. The van der Waals surface area contributed by atoms with E-state index in [0.29, 0.717) is 24.1 Å². The molecule has 1 aromatic rings. The van der Waals surface area contributed by atoms with Crippen LogP contribution in [-0.2, 0) is 4.84 Å². The molecule has 0 radical (unpaired) electrons. The standard InChI is InChI=1S/C15H20N4O5/c1-17(9-5-2-6-10-20)19(23)16-24-11-18-14(21)12-7-3-4-8-13(12)15(18)22/h3-4,7-8,20H,2,5-6,9-11H2,1H3. The zero-order valence-corrected chi connectivity index (χ0v) is 13.4. The fourth-order valence-corrected chi connectivity index (χ4v) is 2.27. The summed E-state index contributed by atoms with van der Waals surface area (Å²) in [6.07, 6.45) is 2.20. The molecule has 1 heterocycles. The lowest BCUT2D eigenvalue weighted by Gasteiger charge is -2.14. The first-order valence-electron chi connectivity index (χ1n) is 7.63. The summed E-state index contributed by atoms with van der Waals surface area (Å²) in [7, 11) is 1.54. The van der Waals surface area contributed by atoms with Gasteiger partial charge in [-0.15, -0.1) is 5.01 Å². The summed E-state index contributed by atoms with van der Waals surface area (Å²) in [6, 6.07) is 6.47. The molecule has 9 nitrogen and oxygen atoms in total. The average Bonchev–Trinajstić information content (AvgIpc) is 2.83. The summed E-state index contributed by atoms with van der Waals surface area (Å²) >= 11 is 0. The minimum atomic E-state index is -0.472. The molecule has 2 rings (SSSR count). The topological polar surface area (TPSA) is 109 Å². The Labute approximate surface area is 139 Å². The minimum absolute atomic E-state index is 0.124. The zero-order valence-electron chi connectivity index (χ0n) is 13.4. The van der Waals surface area contributed by atoms with Crippen LogP contribution in [0.3, 0.4) is 0 Å². The number of hydrogen-bond donors (Lipinski definition) is 1. The van der Waals surface area contributed by atoms with E-state index in [1.807, 2.05) is 0 Å². The quantitative estimate of drug-likeness (QED) is 0.238. The first-order chi connectivity index (χ1) is 11.6.